The highest BCUT2D eigenvalue weighted by Crippen LogP contribution is 2.37. The lowest BCUT2D eigenvalue weighted by Gasteiger charge is -2.11. The number of alkyl halides is 3. The van der Waals surface area contributed by atoms with Crippen molar-refractivity contribution in [2.24, 2.45) is 10.9 Å². The van der Waals surface area contributed by atoms with Crippen LogP contribution in [0.1, 0.15) is 11.1 Å². The molecule has 104 valence electrons. The van der Waals surface area contributed by atoms with Crippen molar-refractivity contribution in [3.63, 3.8) is 0 Å². The van der Waals surface area contributed by atoms with Gasteiger partial charge in [-0.1, -0.05) is 5.16 Å². The van der Waals surface area contributed by atoms with Crippen molar-refractivity contribution >= 4 is 16.7 Å². The lowest BCUT2D eigenvalue weighted by molar-refractivity contribution is -0.136. The van der Waals surface area contributed by atoms with Gasteiger partial charge in [0.1, 0.15) is 0 Å². The average molecular weight is 282 g/mol. The number of fused-ring (bicyclic) bond motifs is 1. The Morgan fingerprint density at radius 2 is 2.10 bits per heavy atom. The maximum absolute atomic E-state index is 13.1. The van der Waals surface area contributed by atoms with Crippen molar-refractivity contribution in [1.82, 2.24) is 4.57 Å². The van der Waals surface area contributed by atoms with Crippen molar-refractivity contribution in [3.05, 3.63) is 35.5 Å². The van der Waals surface area contributed by atoms with Crippen LogP contribution in [0, 0.1) is 11.3 Å². The first-order valence-electron chi connectivity index (χ1n) is 5.44. The summed E-state index contributed by atoms with van der Waals surface area (Å²) in [5.74, 6) is -0.139. The number of aromatic nitrogens is 1. The van der Waals surface area contributed by atoms with Crippen LogP contribution in [0.4, 0.5) is 13.2 Å². The molecule has 0 radical (unpaired) electrons. The van der Waals surface area contributed by atoms with Gasteiger partial charge >= 0.3 is 6.18 Å². The molecule has 1 aromatic heterocycles. The van der Waals surface area contributed by atoms with Crippen molar-refractivity contribution in [2.45, 2.75) is 12.7 Å². The number of nitrogens with two attached hydrogens (primary N) is 1. The van der Waals surface area contributed by atoms with E-state index in [2.05, 4.69) is 5.16 Å². The molecule has 0 saturated carbocycles. The Morgan fingerprint density at radius 3 is 2.65 bits per heavy atom. The Kier molecular flexibility index (Phi) is 3.28. The summed E-state index contributed by atoms with van der Waals surface area (Å²) in [4.78, 5) is 0. The fourth-order valence-corrected chi connectivity index (χ4v) is 2.02. The average Bonchev–Trinajstić information content (AvgIpc) is 2.79. The molecule has 0 aliphatic heterocycles. The fourth-order valence-electron chi connectivity index (χ4n) is 2.02. The van der Waals surface area contributed by atoms with Gasteiger partial charge in [0, 0.05) is 17.1 Å². The predicted molar refractivity (Wildman–Crippen MR) is 65.1 cm³/mol. The Morgan fingerprint density at radius 1 is 1.40 bits per heavy atom. The lowest BCUT2D eigenvalue weighted by Crippen LogP contribution is -2.18. The van der Waals surface area contributed by atoms with E-state index in [4.69, 9.17) is 16.2 Å². The van der Waals surface area contributed by atoms with Crippen LogP contribution in [0.5, 0.6) is 0 Å². The van der Waals surface area contributed by atoms with Gasteiger partial charge < -0.3 is 15.5 Å². The number of nitriles is 1. The van der Waals surface area contributed by atoms with Crippen LogP contribution < -0.4 is 5.73 Å². The Bertz CT molecular complexity index is 725. The van der Waals surface area contributed by atoms with Gasteiger partial charge in [0.15, 0.2) is 5.84 Å². The van der Waals surface area contributed by atoms with Gasteiger partial charge in [0.2, 0.25) is 0 Å². The van der Waals surface area contributed by atoms with Crippen molar-refractivity contribution in [3.8, 4) is 6.07 Å². The molecule has 5 nitrogen and oxygen atoms in total. The molecule has 0 amide bonds. The van der Waals surface area contributed by atoms with E-state index in [0.29, 0.717) is 0 Å². The minimum absolute atomic E-state index is 0.0524. The summed E-state index contributed by atoms with van der Waals surface area (Å²) in [7, 11) is 0. The first kappa shape index (κ1) is 13.7. The molecular weight excluding hydrogens is 273 g/mol. The van der Waals surface area contributed by atoms with Crippen LogP contribution in [0.25, 0.3) is 10.9 Å². The molecule has 0 unspecified atom stereocenters. The molecule has 1 heterocycles. The third kappa shape index (κ3) is 2.25. The molecule has 0 aliphatic rings. The zero-order valence-electron chi connectivity index (χ0n) is 10.0. The molecule has 0 fully saturated rings. The number of rotatable bonds is 2. The Balaban J connectivity index is 2.69. The van der Waals surface area contributed by atoms with E-state index in [1.165, 1.54) is 29.0 Å². The van der Waals surface area contributed by atoms with E-state index in [1.807, 2.05) is 0 Å². The third-order valence-corrected chi connectivity index (χ3v) is 2.82. The highest BCUT2D eigenvalue weighted by atomic mass is 19.4. The van der Waals surface area contributed by atoms with Crippen LogP contribution in [0.2, 0.25) is 0 Å². The van der Waals surface area contributed by atoms with Crippen LogP contribution in [0.3, 0.4) is 0 Å². The van der Waals surface area contributed by atoms with Crippen molar-refractivity contribution < 1.29 is 18.4 Å². The van der Waals surface area contributed by atoms with Gasteiger partial charge in [-0.2, -0.15) is 18.4 Å². The molecule has 3 N–H and O–H groups in total. The molecule has 1 aromatic carbocycles. The van der Waals surface area contributed by atoms with Crippen LogP contribution >= 0.6 is 0 Å². The first-order valence-corrected chi connectivity index (χ1v) is 5.44. The normalized spacial score (nSPS) is 12.6. The van der Waals surface area contributed by atoms with Crippen molar-refractivity contribution in [1.29, 1.82) is 5.26 Å². The zero-order chi connectivity index (χ0) is 14.9. The number of hydrogen-bond donors (Lipinski definition) is 2. The molecule has 0 saturated heterocycles. The number of oxime groups is 1. The summed E-state index contributed by atoms with van der Waals surface area (Å²) in [6.45, 7) is -0.0524. The van der Waals surface area contributed by atoms with E-state index < -0.39 is 17.3 Å². The van der Waals surface area contributed by atoms with Gasteiger partial charge in [-0.05, 0) is 18.2 Å². The second kappa shape index (κ2) is 4.77. The van der Waals surface area contributed by atoms with Crippen LogP contribution in [0.15, 0.2) is 29.6 Å². The minimum Gasteiger partial charge on any atom is -0.409 e. The van der Waals surface area contributed by atoms with E-state index in [0.717, 1.165) is 6.07 Å². The maximum Gasteiger partial charge on any atom is 0.418 e. The highest BCUT2D eigenvalue weighted by Gasteiger charge is 2.36. The number of amidine groups is 1. The van der Waals surface area contributed by atoms with Gasteiger partial charge in [0.25, 0.3) is 0 Å². The SMILES string of the molecule is N#Cc1ccc2c(ccn2C/C(N)=N/O)c1C(F)(F)F. The van der Waals surface area contributed by atoms with Gasteiger partial charge in [-0.3, -0.25) is 0 Å². The van der Waals surface area contributed by atoms with Gasteiger partial charge in [-0.25, -0.2) is 0 Å². The second-order valence-corrected chi connectivity index (χ2v) is 4.07. The summed E-state index contributed by atoms with van der Waals surface area (Å²) < 4.78 is 40.6. The number of hydrogen-bond acceptors (Lipinski definition) is 3. The summed E-state index contributed by atoms with van der Waals surface area (Å²) in [5, 5.41) is 20.0. The summed E-state index contributed by atoms with van der Waals surface area (Å²) in [6.07, 6.45) is -3.24. The standard InChI is InChI=1S/C12H9F3N4O/c13-12(14,15)11-7(5-16)1-2-9-8(11)3-4-19(9)6-10(17)18-20/h1-4,20H,6H2,(H2,17,18). The first-order chi connectivity index (χ1) is 9.38. The summed E-state index contributed by atoms with van der Waals surface area (Å²) >= 11 is 0. The molecule has 8 heteroatoms. The van der Waals surface area contributed by atoms with E-state index in [1.54, 1.807) is 0 Å². The predicted octanol–water partition coefficient (Wildman–Crippen LogP) is 2.28. The number of nitrogens with zero attached hydrogens (tertiary/aromatic N) is 3. The zero-order valence-corrected chi connectivity index (χ0v) is 10.0. The molecule has 0 bridgehead atoms. The molecule has 2 rings (SSSR count). The number of benzene rings is 1. The number of halogens is 3. The Labute approximate surface area is 111 Å². The van der Waals surface area contributed by atoms with Crippen molar-refractivity contribution in [2.75, 3.05) is 0 Å². The fraction of sp³-hybridized carbons (Fsp3) is 0.167. The quantitative estimate of drug-likeness (QED) is 0.383. The largest absolute Gasteiger partial charge is 0.418 e. The topological polar surface area (TPSA) is 87.3 Å². The van der Waals surface area contributed by atoms with Crippen LogP contribution in [-0.4, -0.2) is 15.6 Å². The molecule has 0 atom stereocenters. The smallest absolute Gasteiger partial charge is 0.409 e. The molecule has 20 heavy (non-hydrogen) atoms. The molecule has 0 spiro atoms. The van der Waals surface area contributed by atoms with Gasteiger partial charge in [0.05, 0.1) is 23.7 Å². The summed E-state index contributed by atoms with van der Waals surface area (Å²) in [5.41, 5.74) is 4.18. The lowest BCUT2D eigenvalue weighted by atomic mass is 10.0. The monoisotopic (exact) mass is 282 g/mol. The van der Waals surface area contributed by atoms with E-state index in [9.17, 15) is 13.2 Å². The van der Waals surface area contributed by atoms with E-state index >= 15 is 0 Å². The highest BCUT2D eigenvalue weighted by molar-refractivity contribution is 5.88. The molecular formula is C12H9F3N4O. The minimum atomic E-state index is -4.63. The second-order valence-electron chi connectivity index (χ2n) is 4.07. The molecule has 0 aliphatic carbocycles. The summed E-state index contributed by atoms with van der Waals surface area (Å²) in [6, 6.07) is 5.29. The van der Waals surface area contributed by atoms with Crippen LogP contribution in [-0.2, 0) is 12.7 Å². The Hall–Kier alpha value is -2.69. The maximum atomic E-state index is 13.1. The van der Waals surface area contributed by atoms with E-state index in [-0.39, 0.29) is 23.3 Å². The third-order valence-electron chi connectivity index (χ3n) is 2.82. The molecule has 2 aromatic rings. The van der Waals surface area contributed by atoms with Gasteiger partial charge in [-0.15, -0.1) is 0 Å².